The Kier molecular flexibility index (Phi) is 3.60. The number of aromatic nitrogens is 2. The minimum atomic E-state index is -1.08. The molecule has 1 aromatic heterocycles. The van der Waals surface area contributed by atoms with Crippen molar-refractivity contribution in [2.75, 3.05) is 13.7 Å². The highest BCUT2D eigenvalue weighted by atomic mass is 19.1. The van der Waals surface area contributed by atoms with E-state index in [0.29, 0.717) is 0 Å². The number of nitrogens with one attached hydrogen (secondary N) is 1. The highest BCUT2D eigenvalue weighted by Crippen LogP contribution is 2.27. The van der Waals surface area contributed by atoms with Gasteiger partial charge in [0.25, 0.3) is 5.56 Å². The molecule has 0 aromatic carbocycles. The lowest BCUT2D eigenvalue weighted by Crippen LogP contribution is -2.34. The van der Waals surface area contributed by atoms with E-state index in [4.69, 9.17) is 9.47 Å². The second-order valence-electron chi connectivity index (χ2n) is 4.03. The van der Waals surface area contributed by atoms with Crippen LogP contribution >= 0.6 is 0 Å². The molecular weight excluding hydrogens is 247 g/mol. The van der Waals surface area contributed by atoms with Crippen LogP contribution in [0, 0.1) is 5.82 Å². The van der Waals surface area contributed by atoms with Crippen molar-refractivity contribution < 1.29 is 19.0 Å². The van der Waals surface area contributed by atoms with E-state index >= 15 is 0 Å². The van der Waals surface area contributed by atoms with Crippen LogP contribution in [0.3, 0.4) is 0 Å². The lowest BCUT2D eigenvalue weighted by molar-refractivity contribution is -0.0549. The van der Waals surface area contributed by atoms with Gasteiger partial charge in [0.2, 0.25) is 5.82 Å². The van der Waals surface area contributed by atoms with Gasteiger partial charge in [0, 0.05) is 13.5 Å². The third-order valence-electron chi connectivity index (χ3n) is 2.77. The summed E-state index contributed by atoms with van der Waals surface area (Å²) in [4.78, 5) is 24.2. The average molecular weight is 260 g/mol. The molecule has 0 aliphatic carbocycles. The van der Waals surface area contributed by atoms with Gasteiger partial charge >= 0.3 is 5.69 Å². The molecule has 0 saturated carbocycles. The summed E-state index contributed by atoms with van der Waals surface area (Å²) in [6, 6.07) is 0. The molecule has 3 atom stereocenters. The van der Waals surface area contributed by atoms with E-state index in [1.54, 1.807) is 0 Å². The van der Waals surface area contributed by atoms with E-state index in [2.05, 4.69) is 0 Å². The van der Waals surface area contributed by atoms with Gasteiger partial charge in [-0.05, 0) is 0 Å². The summed E-state index contributed by atoms with van der Waals surface area (Å²) >= 11 is 0. The second kappa shape index (κ2) is 5.01. The number of aromatic amines is 1. The predicted octanol–water partition coefficient (Wildman–Crippen LogP) is -1.03. The number of rotatable bonds is 3. The van der Waals surface area contributed by atoms with Crippen molar-refractivity contribution in [2.45, 2.75) is 24.9 Å². The van der Waals surface area contributed by atoms with Crippen molar-refractivity contribution in [1.29, 1.82) is 0 Å². The Balaban J connectivity index is 2.26. The maximum Gasteiger partial charge on any atom is 0.330 e. The standard InChI is InChI=1S/C10H13FN2O5/c1-17-4-7-6(14)2-8(18-7)13-3-5(11)9(15)12-10(13)16/h3,6-8,14H,2,4H2,1H3,(H,12,15,16)/t6-,7-,8-/m1/s1. The van der Waals surface area contributed by atoms with Crippen LogP contribution in [0.1, 0.15) is 12.6 Å². The number of aliphatic hydroxyl groups is 1. The van der Waals surface area contributed by atoms with Gasteiger partial charge in [-0.25, -0.2) is 4.79 Å². The fraction of sp³-hybridized carbons (Fsp3) is 0.600. The van der Waals surface area contributed by atoms with Gasteiger partial charge in [0.05, 0.1) is 18.9 Å². The van der Waals surface area contributed by atoms with Crippen molar-refractivity contribution in [3.63, 3.8) is 0 Å². The van der Waals surface area contributed by atoms with Gasteiger partial charge in [-0.3, -0.25) is 14.3 Å². The lowest BCUT2D eigenvalue weighted by atomic mass is 10.2. The Morgan fingerprint density at radius 3 is 3.06 bits per heavy atom. The molecule has 1 aromatic rings. The van der Waals surface area contributed by atoms with Crippen molar-refractivity contribution in [3.8, 4) is 0 Å². The lowest BCUT2D eigenvalue weighted by Gasteiger charge is -2.15. The largest absolute Gasteiger partial charge is 0.390 e. The predicted molar refractivity (Wildman–Crippen MR) is 57.7 cm³/mol. The molecule has 100 valence electrons. The summed E-state index contributed by atoms with van der Waals surface area (Å²) in [5, 5.41) is 9.68. The van der Waals surface area contributed by atoms with Crippen LogP contribution < -0.4 is 11.2 Å². The molecule has 2 heterocycles. The Labute approximate surface area is 101 Å². The van der Waals surface area contributed by atoms with Crippen LogP contribution in [-0.4, -0.2) is 40.6 Å². The summed E-state index contributed by atoms with van der Waals surface area (Å²) in [7, 11) is 1.45. The summed E-state index contributed by atoms with van der Waals surface area (Å²) in [6.45, 7) is 0.165. The zero-order valence-corrected chi connectivity index (χ0v) is 9.63. The Hall–Kier alpha value is -1.51. The number of hydrogen-bond donors (Lipinski definition) is 2. The minimum Gasteiger partial charge on any atom is -0.390 e. The maximum atomic E-state index is 13.1. The normalized spacial score (nSPS) is 27.6. The molecule has 8 heteroatoms. The molecule has 18 heavy (non-hydrogen) atoms. The molecule has 1 aliphatic heterocycles. The number of methoxy groups -OCH3 is 1. The number of aliphatic hydroxyl groups excluding tert-OH is 1. The first kappa shape index (κ1) is 12.9. The number of ether oxygens (including phenoxy) is 2. The molecule has 0 unspecified atom stereocenters. The average Bonchev–Trinajstić information content (AvgIpc) is 2.66. The first-order valence-electron chi connectivity index (χ1n) is 5.36. The number of hydrogen-bond acceptors (Lipinski definition) is 5. The molecule has 1 aliphatic rings. The topological polar surface area (TPSA) is 93.5 Å². The third-order valence-corrected chi connectivity index (χ3v) is 2.77. The Morgan fingerprint density at radius 2 is 2.39 bits per heavy atom. The van der Waals surface area contributed by atoms with Gasteiger partial charge in [0.1, 0.15) is 12.3 Å². The molecule has 0 radical (unpaired) electrons. The number of halogens is 1. The molecule has 0 bridgehead atoms. The first-order valence-corrected chi connectivity index (χ1v) is 5.36. The van der Waals surface area contributed by atoms with E-state index in [0.717, 1.165) is 10.8 Å². The summed E-state index contributed by atoms with van der Waals surface area (Å²) in [5.41, 5.74) is -1.86. The monoisotopic (exact) mass is 260 g/mol. The highest BCUT2D eigenvalue weighted by molar-refractivity contribution is 4.91. The quantitative estimate of drug-likeness (QED) is 0.725. The van der Waals surface area contributed by atoms with E-state index < -0.39 is 35.5 Å². The van der Waals surface area contributed by atoms with Crippen molar-refractivity contribution in [1.82, 2.24) is 9.55 Å². The molecule has 0 spiro atoms. The van der Waals surface area contributed by atoms with Crippen molar-refractivity contribution in [3.05, 3.63) is 32.9 Å². The number of nitrogens with zero attached hydrogens (tertiary/aromatic N) is 1. The van der Waals surface area contributed by atoms with Crippen LogP contribution in [0.2, 0.25) is 0 Å². The van der Waals surface area contributed by atoms with Crippen LogP contribution in [0.25, 0.3) is 0 Å². The molecule has 2 rings (SSSR count). The first-order chi connectivity index (χ1) is 8.52. The van der Waals surface area contributed by atoms with Gasteiger partial charge in [-0.15, -0.1) is 0 Å². The van der Waals surface area contributed by atoms with Crippen LogP contribution in [-0.2, 0) is 9.47 Å². The molecule has 7 nitrogen and oxygen atoms in total. The zero-order valence-electron chi connectivity index (χ0n) is 9.63. The Morgan fingerprint density at radius 1 is 1.67 bits per heavy atom. The zero-order chi connectivity index (χ0) is 13.3. The van der Waals surface area contributed by atoms with Gasteiger partial charge in [-0.1, -0.05) is 0 Å². The molecule has 2 N–H and O–H groups in total. The van der Waals surface area contributed by atoms with E-state index in [1.165, 1.54) is 7.11 Å². The van der Waals surface area contributed by atoms with Gasteiger partial charge in [0.15, 0.2) is 0 Å². The highest BCUT2D eigenvalue weighted by Gasteiger charge is 2.35. The van der Waals surface area contributed by atoms with Gasteiger partial charge < -0.3 is 14.6 Å². The van der Waals surface area contributed by atoms with E-state index in [-0.39, 0.29) is 13.0 Å². The third kappa shape index (κ3) is 2.35. The fourth-order valence-corrected chi connectivity index (χ4v) is 1.87. The smallest absolute Gasteiger partial charge is 0.330 e. The van der Waals surface area contributed by atoms with E-state index in [9.17, 15) is 19.1 Å². The molecule has 1 fully saturated rings. The minimum absolute atomic E-state index is 0.124. The van der Waals surface area contributed by atoms with Crippen molar-refractivity contribution in [2.24, 2.45) is 0 Å². The van der Waals surface area contributed by atoms with E-state index in [1.807, 2.05) is 4.98 Å². The Bertz CT molecular complexity index is 540. The summed E-state index contributed by atoms with van der Waals surface area (Å²) in [5.74, 6) is -1.08. The summed E-state index contributed by atoms with van der Waals surface area (Å²) < 4.78 is 24.2. The molecule has 1 saturated heterocycles. The SMILES string of the molecule is COC[C@H]1O[C@@H](n2cc(F)c(=O)[nH]c2=O)C[C@H]1O. The molecule has 0 amide bonds. The van der Waals surface area contributed by atoms with Crippen LogP contribution in [0.4, 0.5) is 4.39 Å². The second-order valence-corrected chi connectivity index (χ2v) is 4.03. The number of H-pyrrole nitrogens is 1. The maximum absolute atomic E-state index is 13.1. The van der Waals surface area contributed by atoms with Crippen LogP contribution in [0.15, 0.2) is 15.8 Å². The fourth-order valence-electron chi connectivity index (χ4n) is 1.87. The summed E-state index contributed by atoms with van der Waals surface area (Å²) in [6.07, 6.45) is -1.31. The molecular formula is C10H13FN2O5. The van der Waals surface area contributed by atoms with Gasteiger partial charge in [-0.2, -0.15) is 4.39 Å². The van der Waals surface area contributed by atoms with Crippen LogP contribution in [0.5, 0.6) is 0 Å². The van der Waals surface area contributed by atoms with Crippen molar-refractivity contribution >= 4 is 0 Å².